The number of aliphatic hydroxyl groups excluding tert-OH is 3. The fourth-order valence-electron chi connectivity index (χ4n) is 1.06. The number of aliphatic hydroxyl groups is 3. The van der Waals surface area contributed by atoms with Gasteiger partial charge in [0.15, 0.2) is 6.29 Å². The first kappa shape index (κ1) is 8.89. The van der Waals surface area contributed by atoms with Gasteiger partial charge in [0.25, 0.3) is 0 Å². The highest BCUT2D eigenvalue weighted by Crippen LogP contribution is 2.20. The lowest BCUT2D eigenvalue weighted by Gasteiger charge is -2.11. The fraction of sp³-hybridized carbons (Fsp3) is 1.00. The zero-order chi connectivity index (χ0) is 8.43. The molecule has 0 aromatic carbocycles. The molecule has 3 N–H and O–H groups in total. The lowest BCUT2D eigenvalue weighted by atomic mass is 10.1. The van der Waals surface area contributed by atoms with Crippen LogP contribution in [0.3, 0.4) is 0 Å². The molecule has 0 aromatic heterocycles. The maximum absolute atomic E-state index is 9.15. The summed E-state index contributed by atoms with van der Waals surface area (Å²) in [5.74, 6) is 0. The molecule has 0 amide bonds. The molecule has 5 nitrogen and oxygen atoms in total. The Morgan fingerprint density at radius 2 is 2.00 bits per heavy atom. The van der Waals surface area contributed by atoms with Gasteiger partial charge in [-0.2, -0.15) is 0 Å². The van der Waals surface area contributed by atoms with Crippen molar-refractivity contribution >= 4 is 0 Å². The topological polar surface area (TPSA) is 79.2 Å². The van der Waals surface area contributed by atoms with E-state index in [1.54, 1.807) is 0 Å². The lowest BCUT2D eigenvalue weighted by molar-refractivity contribution is -0.153. The molecule has 0 saturated carbocycles. The summed E-state index contributed by atoms with van der Waals surface area (Å²) < 4.78 is 9.59. The van der Waals surface area contributed by atoms with Gasteiger partial charge in [-0.25, -0.2) is 0 Å². The van der Waals surface area contributed by atoms with Crippen molar-refractivity contribution in [2.75, 3.05) is 13.7 Å². The highest BCUT2D eigenvalue weighted by atomic mass is 16.7. The first-order valence-electron chi connectivity index (χ1n) is 3.36. The van der Waals surface area contributed by atoms with Gasteiger partial charge in [0, 0.05) is 7.11 Å². The number of hydrogen-bond donors (Lipinski definition) is 3. The van der Waals surface area contributed by atoms with Crippen molar-refractivity contribution in [1.82, 2.24) is 0 Å². The van der Waals surface area contributed by atoms with Crippen LogP contribution < -0.4 is 0 Å². The van der Waals surface area contributed by atoms with Crippen LogP contribution in [0.15, 0.2) is 0 Å². The molecule has 1 aliphatic heterocycles. The van der Waals surface area contributed by atoms with Crippen LogP contribution in [0.25, 0.3) is 0 Å². The maximum atomic E-state index is 9.15. The molecule has 1 heterocycles. The Kier molecular flexibility index (Phi) is 2.80. The molecule has 11 heavy (non-hydrogen) atoms. The number of ether oxygens (including phenoxy) is 2. The summed E-state index contributed by atoms with van der Waals surface area (Å²) in [5.41, 5.74) is 0. The molecule has 1 fully saturated rings. The average molecular weight is 164 g/mol. The first-order chi connectivity index (χ1) is 5.20. The lowest BCUT2D eigenvalue weighted by Crippen LogP contribution is -2.34. The molecular formula is C6H12O5. The fourth-order valence-corrected chi connectivity index (χ4v) is 1.06. The Labute approximate surface area is 64.2 Å². The van der Waals surface area contributed by atoms with E-state index in [4.69, 9.17) is 20.1 Å². The van der Waals surface area contributed by atoms with E-state index < -0.39 is 24.6 Å². The summed E-state index contributed by atoms with van der Waals surface area (Å²) in [6.07, 6.45) is -3.71. The zero-order valence-corrected chi connectivity index (χ0v) is 6.17. The average Bonchev–Trinajstić information content (AvgIpc) is 2.30. The van der Waals surface area contributed by atoms with Gasteiger partial charge in [0.1, 0.15) is 18.3 Å². The summed E-state index contributed by atoms with van der Waals surface area (Å²) in [4.78, 5) is 0. The quantitative estimate of drug-likeness (QED) is 0.443. The number of methoxy groups -OCH3 is 1. The third-order valence-corrected chi connectivity index (χ3v) is 1.73. The van der Waals surface area contributed by atoms with Gasteiger partial charge in [-0.3, -0.25) is 0 Å². The Morgan fingerprint density at radius 1 is 1.36 bits per heavy atom. The van der Waals surface area contributed by atoms with E-state index in [-0.39, 0.29) is 6.61 Å². The summed E-state index contributed by atoms with van der Waals surface area (Å²) in [7, 11) is 1.36. The minimum absolute atomic E-state index is 0.321. The van der Waals surface area contributed by atoms with Crippen LogP contribution in [0.2, 0.25) is 0 Å². The second kappa shape index (κ2) is 3.46. The molecule has 0 aromatic rings. The van der Waals surface area contributed by atoms with Crippen LogP contribution in [-0.4, -0.2) is 53.6 Å². The molecule has 2 unspecified atom stereocenters. The predicted octanol–water partition coefficient (Wildman–Crippen LogP) is -1.93. The standard InChI is InChI=1S/C6H12O5/c1-10-6-5(9)4(8)3(2-7)11-6/h3-9H,2H2,1H3/t3-,4?,5?,6-/m0/s1. The highest BCUT2D eigenvalue weighted by Gasteiger charge is 2.42. The smallest absolute Gasteiger partial charge is 0.186 e. The van der Waals surface area contributed by atoms with E-state index in [1.807, 2.05) is 0 Å². The molecule has 1 rings (SSSR count). The van der Waals surface area contributed by atoms with Crippen LogP contribution in [0.1, 0.15) is 0 Å². The third kappa shape index (κ3) is 1.52. The van der Waals surface area contributed by atoms with Crippen LogP contribution in [-0.2, 0) is 9.47 Å². The third-order valence-electron chi connectivity index (χ3n) is 1.73. The van der Waals surface area contributed by atoms with Crippen LogP contribution in [0.4, 0.5) is 0 Å². The monoisotopic (exact) mass is 164 g/mol. The highest BCUT2D eigenvalue weighted by molar-refractivity contribution is 4.85. The molecular weight excluding hydrogens is 152 g/mol. The summed E-state index contributed by atoms with van der Waals surface area (Å²) >= 11 is 0. The van der Waals surface area contributed by atoms with Crippen molar-refractivity contribution in [1.29, 1.82) is 0 Å². The summed E-state index contributed by atoms with van der Waals surface area (Å²) in [6.45, 7) is -0.321. The summed E-state index contributed by atoms with van der Waals surface area (Å²) in [5, 5.41) is 26.9. The van der Waals surface area contributed by atoms with E-state index in [0.29, 0.717) is 0 Å². The van der Waals surface area contributed by atoms with Crippen molar-refractivity contribution in [3.8, 4) is 0 Å². The Hall–Kier alpha value is -0.200. The molecule has 4 atom stereocenters. The Balaban J connectivity index is 2.53. The molecule has 1 saturated heterocycles. The van der Waals surface area contributed by atoms with E-state index in [2.05, 4.69) is 4.74 Å². The number of hydrogen-bond acceptors (Lipinski definition) is 5. The van der Waals surface area contributed by atoms with Crippen LogP contribution >= 0.6 is 0 Å². The molecule has 1 aliphatic rings. The van der Waals surface area contributed by atoms with Crippen molar-refractivity contribution in [2.45, 2.75) is 24.6 Å². The van der Waals surface area contributed by atoms with Gasteiger partial charge in [-0.05, 0) is 0 Å². The molecule has 0 spiro atoms. The van der Waals surface area contributed by atoms with E-state index in [9.17, 15) is 0 Å². The molecule has 5 heteroatoms. The minimum Gasteiger partial charge on any atom is -0.394 e. The van der Waals surface area contributed by atoms with Crippen molar-refractivity contribution < 1.29 is 24.8 Å². The Bertz CT molecular complexity index is 110. The zero-order valence-electron chi connectivity index (χ0n) is 6.17. The van der Waals surface area contributed by atoms with Gasteiger partial charge in [-0.1, -0.05) is 0 Å². The Morgan fingerprint density at radius 3 is 2.27 bits per heavy atom. The largest absolute Gasteiger partial charge is 0.394 e. The van der Waals surface area contributed by atoms with E-state index in [0.717, 1.165) is 0 Å². The van der Waals surface area contributed by atoms with Gasteiger partial charge >= 0.3 is 0 Å². The van der Waals surface area contributed by atoms with Crippen molar-refractivity contribution in [2.24, 2.45) is 0 Å². The molecule has 0 radical (unpaired) electrons. The molecule has 0 bridgehead atoms. The van der Waals surface area contributed by atoms with E-state index in [1.165, 1.54) is 7.11 Å². The van der Waals surface area contributed by atoms with Crippen molar-refractivity contribution in [3.05, 3.63) is 0 Å². The van der Waals surface area contributed by atoms with Crippen LogP contribution in [0.5, 0.6) is 0 Å². The van der Waals surface area contributed by atoms with Gasteiger partial charge < -0.3 is 24.8 Å². The van der Waals surface area contributed by atoms with Crippen molar-refractivity contribution in [3.63, 3.8) is 0 Å². The van der Waals surface area contributed by atoms with Crippen LogP contribution in [0, 0.1) is 0 Å². The maximum Gasteiger partial charge on any atom is 0.186 e. The number of rotatable bonds is 2. The molecule has 0 aliphatic carbocycles. The predicted molar refractivity (Wildman–Crippen MR) is 34.8 cm³/mol. The molecule has 66 valence electrons. The minimum atomic E-state index is -1.07. The normalized spacial score (nSPS) is 44.7. The summed E-state index contributed by atoms with van der Waals surface area (Å²) in [6, 6.07) is 0. The van der Waals surface area contributed by atoms with E-state index >= 15 is 0 Å². The second-order valence-corrected chi connectivity index (χ2v) is 2.44. The second-order valence-electron chi connectivity index (χ2n) is 2.44. The van der Waals surface area contributed by atoms with Gasteiger partial charge in [-0.15, -0.1) is 0 Å². The van der Waals surface area contributed by atoms with Gasteiger partial charge in [0.05, 0.1) is 6.61 Å². The SMILES string of the molecule is CO[C@H]1O[C@@H](CO)C(O)C1O. The van der Waals surface area contributed by atoms with Gasteiger partial charge in [0.2, 0.25) is 0 Å². The first-order valence-corrected chi connectivity index (χ1v) is 3.36.